The third-order valence-corrected chi connectivity index (χ3v) is 3.57. The van der Waals surface area contributed by atoms with Crippen molar-refractivity contribution in [3.8, 4) is 0 Å². The zero-order valence-corrected chi connectivity index (χ0v) is 11.6. The fraction of sp³-hybridized carbons (Fsp3) is 0.429. The number of carbonyl (C=O) groups is 2. The fourth-order valence-corrected chi connectivity index (χ4v) is 2.31. The molecule has 2 N–H and O–H groups in total. The third kappa shape index (κ3) is 3.90. The molecule has 0 radical (unpaired) electrons. The Hall–Kier alpha value is -2.25. The highest BCUT2D eigenvalue weighted by molar-refractivity contribution is 5.89. The van der Waals surface area contributed by atoms with Crippen LogP contribution < -0.4 is 5.32 Å². The summed E-state index contributed by atoms with van der Waals surface area (Å²) in [5.41, 5.74) is -0.782. The zero-order valence-electron chi connectivity index (χ0n) is 11.6. The van der Waals surface area contributed by atoms with Crippen molar-refractivity contribution in [1.82, 2.24) is 4.90 Å². The van der Waals surface area contributed by atoms with Crippen LogP contribution in [-0.2, 0) is 11.0 Å². The molecule has 0 bridgehead atoms. The molecule has 1 aliphatic heterocycles. The van der Waals surface area contributed by atoms with E-state index in [0.717, 1.165) is 12.1 Å². The Morgan fingerprint density at radius 2 is 1.86 bits per heavy atom. The van der Waals surface area contributed by atoms with Gasteiger partial charge in [-0.15, -0.1) is 0 Å². The molecular formula is C14H15F3N2O3. The van der Waals surface area contributed by atoms with Crippen LogP contribution in [0.4, 0.5) is 23.7 Å². The van der Waals surface area contributed by atoms with Gasteiger partial charge in [-0.05, 0) is 31.0 Å². The number of amides is 2. The van der Waals surface area contributed by atoms with E-state index in [0.29, 0.717) is 12.8 Å². The molecule has 1 saturated heterocycles. The lowest BCUT2D eigenvalue weighted by atomic mass is 9.97. The first-order valence-electron chi connectivity index (χ1n) is 6.73. The van der Waals surface area contributed by atoms with Gasteiger partial charge in [-0.1, -0.05) is 6.07 Å². The van der Waals surface area contributed by atoms with Crippen LogP contribution in [0.15, 0.2) is 24.3 Å². The summed E-state index contributed by atoms with van der Waals surface area (Å²) in [7, 11) is 0. The summed E-state index contributed by atoms with van der Waals surface area (Å²) in [5, 5.41) is 11.3. The molecule has 0 saturated carbocycles. The third-order valence-electron chi connectivity index (χ3n) is 3.57. The van der Waals surface area contributed by atoms with Crippen molar-refractivity contribution < 1.29 is 27.9 Å². The predicted octanol–water partition coefficient (Wildman–Crippen LogP) is 3.03. The SMILES string of the molecule is O=C(O)C1CCN(C(=O)Nc2cccc(C(F)(F)F)c2)CC1. The van der Waals surface area contributed by atoms with E-state index in [1.807, 2.05) is 0 Å². The van der Waals surface area contributed by atoms with E-state index in [2.05, 4.69) is 5.32 Å². The predicted molar refractivity (Wildman–Crippen MR) is 72.4 cm³/mol. The maximum absolute atomic E-state index is 12.6. The number of benzene rings is 1. The Kier molecular flexibility index (Phi) is 4.58. The second-order valence-corrected chi connectivity index (χ2v) is 5.11. The Bertz CT molecular complexity index is 567. The summed E-state index contributed by atoms with van der Waals surface area (Å²) in [6.07, 6.45) is -3.79. The van der Waals surface area contributed by atoms with E-state index in [4.69, 9.17) is 5.11 Å². The summed E-state index contributed by atoms with van der Waals surface area (Å²) < 4.78 is 37.8. The van der Waals surface area contributed by atoms with E-state index in [1.165, 1.54) is 17.0 Å². The number of carboxylic acids is 1. The molecule has 0 aromatic heterocycles. The molecule has 22 heavy (non-hydrogen) atoms. The number of rotatable bonds is 2. The minimum atomic E-state index is -4.47. The summed E-state index contributed by atoms with van der Waals surface area (Å²) >= 11 is 0. The van der Waals surface area contributed by atoms with Crippen molar-refractivity contribution in [2.45, 2.75) is 19.0 Å². The number of carboxylic acid groups (broad SMARTS) is 1. The second kappa shape index (κ2) is 6.25. The molecule has 1 aromatic rings. The maximum Gasteiger partial charge on any atom is 0.416 e. The number of aliphatic carboxylic acids is 1. The number of alkyl halides is 3. The lowest BCUT2D eigenvalue weighted by Gasteiger charge is -2.30. The quantitative estimate of drug-likeness (QED) is 0.881. The van der Waals surface area contributed by atoms with E-state index >= 15 is 0 Å². The number of carbonyl (C=O) groups excluding carboxylic acids is 1. The molecule has 1 heterocycles. The molecule has 5 nitrogen and oxygen atoms in total. The standard InChI is InChI=1S/C14H15F3N2O3/c15-14(16,17)10-2-1-3-11(8-10)18-13(22)19-6-4-9(5-7-19)12(20)21/h1-3,8-9H,4-7H2,(H,18,22)(H,20,21). The van der Waals surface area contributed by atoms with E-state index < -0.39 is 29.7 Å². The number of hydrogen-bond acceptors (Lipinski definition) is 2. The average Bonchev–Trinajstić information content (AvgIpc) is 2.46. The first kappa shape index (κ1) is 16.1. The Morgan fingerprint density at radius 3 is 2.41 bits per heavy atom. The van der Waals surface area contributed by atoms with Gasteiger partial charge in [0.2, 0.25) is 0 Å². The summed E-state index contributed by atoms with van der Waals surface area (Å²) in [5.74, 6) is -1.37. The van der Waals surface area contributed by atoms with Crippen LogP contribution in [-0.4, -0.2) is 35.1 Å². The molecule has 0 atom stereocenters. The lowest BCUT2D eigenvalue weighted by molar-refractivity contribution is -0.143. The monoisotopic (exact) mass is 316 g/mol. The largest absolute Gasteiger partial charge is 0.481 e. The van der Waals surface area contributed by atoms with Gasteiger partial charge in [0.15, 0.2) is 0 Å². The van der Waals surface area contributed by atoms with Crippen molar-refractivity contribution in [3.63, 3.8) is 0 Å². The number of urea groups is 1. The molecule has 0 unspecified atom stereocenters. The number of anilines is 1. The Labute approximate surface area is 124 Å². The van der Waals surface area contributed by atoms with Crippen molar-refractivity contribution in [2.24, 2.45) is 5.92 Å². The molecular weight excluding hydrogens is 301 g/mol. The summed E-state index contributed by atoms with van der Waals surface area (Å²) in [6.45, 7) is 0.531. The molecule has 1 aromatic carbocycles. The summed E-state index contributed by atoms with van der Waals surface area (Å²) in [4.78, 5) is 24.2. The Balaban J connectivity index is 1.97. The van der Waals surface area contributed by atoms with E-state index in [1.54, 1.807) is 0 Å². The average molecular weight is 316 g/mol. The van der Waals surface area contributed by atoms with Gasteiger partial charge in [0.25, 0.3) is 0 Å². The number of hydrogen-bond donors (Lipinski definition) is 2. The van der Waals surface area contributed by atoms with Crippen molar-refractivity contribution in [2.75, 3.05) is 18.4 Å². The molecule has 1 fully saturated rings. The highest BCUT2D eigenvalue weighted by Gasteiger charge is 2.31. The van der Waals surface area contributed by atoms with Crippen LogP contribution >= 0.6 is 0 Å². The van der Waals surface area contributed by atoms with Crippen LogP contribution in [0.2, 0.25) is 0 Å². The highest BCUT2D eigenvalue weighted by Crippen LogP contribution is 2.30. The molecule has 120 valence electrons. The fourth-order valence-electron chi connectivity index (χ4n) is 2.31. The van der Waals surface area contributed by atoms with Gasteiger partial charge in [-0.2, -0.15) is 13.2 Å². The van der Waals surface area contributed by atoms with Crippen LogP contribution in [0.25, 0.3) is 0 Å². The van der Waals surface area contributed by atoms with Crippen LogP contribution in [0.3, 0.4) is 0 Å². The van der Waals surface area contributed by atoms with Gasteiger partial charge < -0.3 is 15.3 Å². The lowest BCUT2D eigenvalue weighted by Crippen LogP contribution is -2.42. The molecule has 0 spiro atoms. The van der Waals surface area contributed by atoms with Gasteiger partial charge in [-0.3, -0.25) is 4.79 Å². The first-order chi connectivity index (χ1) is 10.3. The summed E-state index contributed by atoms with van der Waals surface area (Å²) in [6, 6.07) is 3.85. The van der Waals surface area contributed by atoms with Crippen molar-refractivity contribution >= 4 is 17.7 Å². The normalized spacial score (nSPS) is 16.4. The molecule has 0 aliphatic carbocycles. The number of nitrogens with one attached hydrogen (secondary N) is 1. The van der Waals surface area contributed by atoms with Crippen molar-refractivity contribution in [3.05, 3.63) is 29.8 Å². The highest BCUT2D eigenvalue weighted by atomic mass is 19.4. The molecule has 1 aliphatic rings. The topological polar surface area (TPSA) is 69.6 Å². The number of halogens is 3. The minimum Gasteiger partial charge on any atom is -0.481 e. The van der Waals surface area contributed by atoms with Gasteiger partial charge in [0.05, 0.1) is 11.5 Å². The van der Waals surface area contributed by atoms with Gasteiger partial charge >= 0.3 is 18.2 Å². The first-order valence-corrected chi connectivity index (χ1v) is 6.73. The van der Waals surface area contributed by atoms with Gasteiger partial charge in [-0.25, -0.2) is 4.79 Å². The van der Waals surface area contributed by atoms with Gasteiger partial charge in [0.1, 0.15) is 0 Å². The smallest absolute Gasteiger partial charge is 0.416 e. The van der Waals surface area contributed by atoms with Crippen LogP contribution in [0, 0.1) is 5.92 Å². The van der Waals surface area contributed by atoms with Crippen LogP contribution in [0.5, 0.6) is 0 Å². The minimum absolute atomic E-state index is 0.0557. The van der Waals surface area contributed by atoms with Crippen LogP contribution in [0.1, 0.15) is 18.4 Å². The number of nitrogens with zero attached hydrogens (tertiary/aromatic N) is 1. The number of piperidine rings is 1. The second-order valence-electron chi connectivity index (χ2n) is 5.11. The molecule has 2 amide bonds. The van der Waals surface area contributed by atoms with Gasteiger partial charge in [0, 0.05) is 18.8 Å². The zero-order chi connectivity index (χ0) is 16.3. The molecule has 8 heteroatoms. The number of likely N-dealkylation sites (tertiary alicyclic amines) is 1. The van der Waals surface area contributed by atoms with Crippen molar-refractivity contribution in [1.29, 1.82) is 0 Å². The van der Waals surface area contributed by atoms with E-state index in [9.17, 15) is 22.8 Å². The molecule has 2 rings (SSSR count). The Morgan fingerprint density at radius 1 is 1.23 bits per heavy atom. The van der Waals surface area contributed by atoms with E-state index in [-0.39, 0.29) is 18.8 Å². The maximum atomic E-state index is 12.6.